The first-order valence-electron chi connectivity index (χ1n) is 8.52. The first kappa shape index (κ1) is 18.5. The van der Waals surface area contributed by atoms with E-state index in [0.29, 0.717) is 44.7 Å². The third-order valence-corrected chi connectivity index (χ3v) is 4.51. The van der Waals surface area contributed by atoms with Crippen molar-refractivity contribution in [2.24, 2.45) is 0 Å². The number of hydrogen-bond donors (Lipinski definition) is 0. The van der Waals surface area contributed by atoms with Crippen LogP contribution in [0.5, 0.6) is 0 Å². The van der Waals surface area contributed by atoms with Gasteiger partial charge in [-0.25, -0.2) is 14.8 Å². The molecular formula is C20H15Cl2N3O3. The summed E-state index contributed by atoms with van der Waals surface area (Å²) in [7, 11) is 0. The molecule has 0 saturated heterocycles. The van der Waals surface area contributed by atoms with Crippen LogP contribution in [0.2, 0.25) is 10.0 Å². The van der Waals surface area contributed by atoms with Crippen LogP contribution in [0.25, 0.3) is 22.6 Å². The third-order valence-electron chi connectivity index (χ3n) is 4.07. The number of carbonyl (C=O) groups is 1. The zero-order valence-electron chi connectivity index (χ0n) is 14.8. The van der Waals surface area contributed by atoms with E-state index in [4.69, 9.17) is 32.4 Å². The quantitative estimate of drug-likeness (QED) is 0.416. The topological polar surface area (TPSA) is 70.2 Å². The van der Waals surface area contributed by atoms with Crippen LogP contribution in [-0.2, 0) is 11.3 Å². The molecule has 28 heavy (non-hydrogen) atoms. The van der Waals surface area contributed by atoms with Crippen molar-refractivity contribution in [2.45, 2.75) is 19.6 Å². The van der Waals surface area contributed by atoms with Crippen molar-refractivity contribution in [3.05, 3.63) is 70.7 Å². The predicted octanol–water partition coefficient (Wildman–Crippen LogP) is 5.24. The van der Waals surface area contributed by atoms with Crippen LogP contribution in [0.3, 0.4) is 0 Å². The smallest absolute Gasteiger partial charge is 0.338 e. The number of oxazole rings is 1. The largest absolute Gasteiger partial charge is 0.457 e. The van der Waals surface area contributed by atoms with Crippen molar-refractivity contribution < 1.29 is 13.9 Å². The molecule has 1 unspecified atom stereocenters. The highest BCUT2D eigenvalue weighted by Crippen LogP contribution is 2.29. The number of esters is 1. The maximum Gasteiger partial charge on any atom is 0.338 e. The van der Waals surface area contributed by atoms with Crippen molar-refractivity contribution in [2.75, 3.05) is 0 Å². The molecule has 142 valence electrons. The second kappa shape index (κ2) is 7.66. The second-order valence-corrected chi connectivity index (χ2v) is 7.21. The number of hydrogen-bond acceptors (Lipinski definition) is 5. The number of fused-ring (bicyclic) bond motifs is 1. The van der Waals surface area contributed by atoms with Gasteiger partial charge in [-0.2, -0.15) is 0 Å². The number of aromatic nitrogens is 3. The Morgan fingerprint density at radius 2 is 2.00 bits per heavy atom. The monoisotopic (exact) mass is 415 g/mol. The molecule has 2 aromatic carbocycles. The van der Waals surface area contributed by atoms with Gasteiger partial charge in [0, 0.05) is 28.0 Å². The van der Waals surface area contributed by atoms with E-state index in [0.717, 1.165) is 0 Å². The average Bonchev–Trinajstić information content (AvgIpc) is 3.29. The normalized spacial score (nSPS) is 12.2. The molecule has 1 atom stereocenters. The van der Waals surface area contributed by atoms with Crippen LogP contribution >= 0.6 is 23.2 Å². The summed E-state index contributed by atoms with van der Waals surface area (Å²) in [6.45, 7) is 2.35. The summed E-state index contributed by atoms with van der Waals surface area (Å²) in [5.41, 5.74) is 2.14. The first-order chi connectivity index (χ1) is 13.5. The molecule has 0 aliphatic rings. The third kappa shape index (κ3) is 4.03. The Bertz CT molecular complexity index is 1120. The molecule has 0 spiro atoms. The Morgan fingerprint density at radius 1 is 1.21 bits per heavy atom. The van der Waals surface area contributed by atoms with Crippen molar-refractivity contribution >= 4 is 40.3 Å². The zero-order valence-corrected chi connectivity index (χ0v) is 16.3. The van der Waals surface area contributed by atoms with Gasteiger partial charge in [0.15, 0.2) is 5.58 Å². The van der Waals surface area contributed by atoms with E-state index in [1.54, 1.807) is 48.9 Å². The molecule has 8 heteroatoms. The van der Waals surface area contributed by atoms with Crippen molar-refractivity contribution in [3.8, 4) is 11.5 Å². The molecule has 4 rings (SSSR count). The van der Waals surface area contributed by atoms with E-state index in [9.17, 15) is 4.79 Å². The molecule has 0 amide bonds. The molecule has 0 aliphatic carbocycles. The standard InChI is InChI=1S/C20H15Cl2N3O3/c1-12(10-25-5-4-23-11-25)27-20(26)13-2-3-17-18(8-13)28-19(24-17)14-6-15(21)9-16(22)7-14/h2-9,11-12H,10H2,1H3. The Hall–Kier alpha value is -2.83. The highest BCUT2D eigenvalue weighted by molar-refractivity contribution is 6.35. The van der Waals surface area contributed by atoms with Crippen LogP contribution in [0, 0.1) is 0 Å². The number of nitrogens with zero attached hydrogens (tertiary/aromatic N) is 3. The van der Waals surface area contributed by atoms with E-state index in [1.165, 1.54) is 0 Å². The van der Waals surface area contributed by atoms with E-state index in [2.05, 4.69) is 9.97 Å². The lowest BCUT2D eigenvalue weighted by molar-refractivity contribution is 0.0306. The highest BCUT2D eigenvalue weighted by Gasteiger charge is 2.16. The number of imidazole rings is 1. The highest BCUT2D eigenvalue weighted by atomic mass is 35.5. The van der Waals surface area contributed by atoms with Gasteiger partial charge in [-0.05, 0) is 43.3 Å². The minimum absolute atomic E-state index is 0.309. The van der Waals surface area contributed by atoms with Gasteiger partial charge < -0.3 is 13.7 Å². The maximum atomic E-state index is 12.4. The first-order valence-corrected chi connectivity index (χ1v) is 9.27. The van der Waals surface area contributed by atoms with Gasteiger partial charge in [-0.1, -0.05) is 23.2 Å². The average molecular weight is 416 g/mol. The fourth-order valence-electron chi connectivity index (χ4n) is 2.83. The minimum atomic E-state index is -0.432. The van der Waals surface area contributed by atoms with Gasteiger partial charge in [-0.3, -0.25) is 0 Å². The summed E-state index contributed by atoms with van der Waals surface area (Å²) >= 11 is 12.1. The van der Waals surface area contributed by atoms with Crippen molar-refractivity contribution in [1.82, 2.24) is 14.5 Å². The predicted molar refractivity (Wildman–Crippen MR) is 107 cm³/mol. The lowest BCUT2D eigenvalue weighted by atomic mass is 10.2. The van der Waals surface area contributed by atoms with Crippen LogP contribution in [0.4, 0.5) is 0 Å². The molecule has 0 fully saturated rings. The number of carbonyl (C=O) groups excluding carboxylic acids is 1. The van der Waals surface area contributed by atoms with Gasteiger partial charge in [0.2, 0.25) is 5.89 Å². The van der Waals surface area contributed by atoms with Crippen molar-refractivity contribution in [3.63, 3.8) is 0 Å². The fourth-order valence-corrected chi connectivity index (χ4v) is 3.36. The Balaban J connectivity index is 1.55. The van der Waals surface area contributed by atoms with Crippen LogP contribution in [-0.4, -0.2) is 26.6 Å². The van der Waals surface area contributed by atoms with E-state index >= 15 is 0 Å². The van der Waals surface area contributed by atoms with Gasteiger partial charge in [-0.15, -0.1) is 0 Å². The summed E-state index contributed by atoms with van der Waals surface area (Å²) in [4.78, 5) is 20.9. The number of halogens is 2. The Kier molecular flexibility index (Phi) is 5.07. The summed E-state index contributed by atoms with van der Waals surface area (Å²) in [6, 6.07) is 10.0. The number of benzene rings is 2. The van der Waals surface area contributed by atoms with E-state index < -0.39 is 5.97 Å². The molecule has 4 aromatic rings. The molecule has 0 radical (unpaired) electrons. The van der Waals surface area contributed by atoms with Crippen LogP contribution < -0.4 is 0 Å². The van der Waals surface area contributed by atoms with Crippen molar-refractivity contribution in [1.29, 1.82) is 0 Å². The molecule has 0 saturated carbocycles. The zero-order chi connectivity index (χ0) is 19.7. The summed E-state index contributed by atoms with van der Waals surface area (Å²) < 4.78 is 13.1. The maximum absolute atomic E-state index is 12.4. The lowest BCUT2D eigenvalue weighted by Gasteiger charge is -2.13. The van der Waals surface area contributed by atoms with Crippen LogP contribution in [0.15, 0.2) is 59.5 Å². The van der Waals surface area contributed by atoms with Gasteiger partial charge in [0.05, 0.1) is 18.4 Å². The molecular weight excluding hydrogens is 401 g/mol. The lowest BCUT2D eigenvalue weighted by Crippen LogP contribution is -2.20. The molecule has 6 nitrogen and oxygen atoms in total. The summed E-state index contributed by atoms with van der Waals surface area (Å²) in [5, 5.41) is 0.974. The summed E-state index contributed by atoms with van der Waals surface area (Å²) in [6.07, 6.45) is 4.86. The van der Waals surface area contributed by atoms with Gasteiger partial charge >= 0.3 is 5.97 Å². The summed E-state index contributed by atoms with van der Waals surface area (Å²) in [5.74, 6) is -0.0586. The van der Waals surface area contributed by atoms with Gasteiger partial charge in [0.25, 0.3) is 0 Å². The molecule has 2 aromatic heterocycles. The molecule has 0 N–H and O–H groups in total. The molecule has 0 aliphatic heterocycles. The molecule has 2 heterocycles. The SMILES string of the molecule is CC(Cn1ccnc1)OC(=O)c1ccc2nc(-c3cc(Cl)cc(Cl)c3)oc2c1. The Morgan fingerprint density at radius 3 is 2.71 bits per heavy atom. The number of ether oxygens (including phenoxy) is 1. The molecule has 0 bridgehead atoms. The second-order valence-electron chi connectivity index (χ2n) is 6.34. The Labute approximate surface area is 170 Å². The van der Waals surface area contributed by atoms with Gasteiger partial charge in [0.1, 0.15) is 11.6 Å². The minimum Gasteiger partial charge on any atom is -0.457 e. The van der Waals surface area contributed by atoms with Crippen LogP contribution in [0.1, 0.15) is 17.3 Å². The fraction of sp³-hybridized carbons (Fsp3) is 0.150. The van der Waals surface area contributed by atoms with E-state index in [1.807, 2.05) is 17.7 Å². The van der Waals surface area contributed by atoms with E-state index in [-0.39, 0.29) is 6.10 Å². The number of rotatable bonds is 5.